The molecule has 3 N–H and O–H groups in total. The van der Waals surface area contributed by atoms with Crippen molar-refractivity contribution < 1.29 is 23.4 Å². The van der Waals surface area contributed by atoms with Crippen LogP contribution in [-0.2, 0) is 0 Å². The molecule has 0 aliphatic carbocycles. The predicted molar refractivity (Wildman–Crippen MR) is 97.9 cm³/mol. The Morgan fingerprint density at radius 2 is 1.96 bits per heavy atom. The molecule has 0 bridgehead atoms. The largest absolute Gasteiger partial charge is 0.487 e. The van der Waals surface area contributed by atoms with Crippen LogP contribution in [0.3, 0.4) is 0 Å². The molecule has 0 spiro atoms. The number of benzene rings is 2. The lowest BCUT2D eigenvalue weighted by molar-refractivity contribution is 0.0978. The first kappa shape index (κ1) is 19.2. The summed E-state index contributed by atoms with van der Waals surface area (Å²) in [6.07, 6.45) is -1.15. The molecule has 140 valence electrons. The number of carbonyl (C=O) groups is 1. The van der Waals surface area contributed by atoms with Crippen molar-refractivity contribution in [2.45, 2.75) is 6.10 Å². The molecule has 3 aromatic rings. The lowest BCUT2D eigenvalue weighted by Gasteiger charge is -2.12. The molecule has 2 aromatic carbocycles. The molecule has 1 amide bonds. The van der Waals surface area contributed by atoms with Crippen LogP contribution in [0.25, 0.3) is 10.6 Å². The third-order valence-electron chi connectivity index (χ3n) is 3.65. The molecule has 9 heteroatoms. The van der Waals surface area contributed by atoms with Crippen molar-refractivity contribution in [3.63, 3.8) is 0 Å². The van der Waals surface area contributed by atoms with Gasteiger partial charge in [-0.15, -0.1) is 11.3 Å². The number of hydrogen-bond donors (Lipinski definition) is 2. The number of amides is 1. The summed E-state index contributed by atoms with van der Waals surface area (Å²) in [5.74, 6) is -3.93. The van der Waals surface area contributed by atoms with E-state index in [1.165, 1.54) is 11.3 Å². The molecule has 0 radical (unpaired) electrons. The van der Waals surface area contributed by atoms with E-state index in [-0.39, 0.29) is 6.61 Å². The zero-order chi connectivity index (χ0) is 19.6. The zero-order valence-electron chi connectivity index (χ0n) is 13.7. The maximum atomic E-state index is 14.1. The van der Waals surface area contributed by atoms with Crippen molar-refractivity contribution in [1.82, 2.24) is 4.98 Å². The van der Waals surface area contributed by atoms with Gasteiger partial charge >= 0.3 is 0 Å². The van der Waals surface area contributed by atoms with Gasteiger partial charge in [-0.3, -0.25) is 4.79 Å². The van der Waals surface area contributed by atoms with Crippen molar-refractivity contribution in [2.24, 2.45) is 5.73 Å². The molecule has 5 nitrogen and oxygen atoms in total. The van der Waals surface area contributed by atoms with E-state index in [4.69, 9.17) is 22.1 Å². The van der Waals surface area contributed by atoms with Gasteiger partial charge < -0.3 is 15.6 Å². The second-order valence-electron chi connectivity index (χ2n) is 5.51. The highest BCUT2D eigenvalue weighted by Gasteiger charge is 2.21. The molecule has 1 unspecified atom stereocenters. The van der Waals surface area contributed by atoms with E-state index >= 15 is 0 Å². The van der Waals surface area contributed by atoms with Gasteiger partial charge in [-0.2, -0.15) is 0 Å². The smallest absolute Gasteiger partial charge is 0.254 e. The maximum Gasteiger partial charge on any atom is 0.254 e. The number of thiazole rings is 1. The van der Waals surface area contributed by atoms with Crippen LogP contribution in [0.4, 0.5) is 8.78 Å². The number of aliphatic hydroxyl groups excluding tert-OH is 1. The number of hydrogen-bond acceptors (Lipinski definition) is 5. The average Bonchev–Trinajstić information content (AvgIpc) is 3.11. The summed E-state index contributed by atoms with van der Waals surface area (Å²) < 4.78 is 32.8. The van der Waals surface area contributed by atoms with Crippen LogP contribution in [0.5, 0.6) is 5.75 Å². The summed E-state index contributed by atoms with van der Waals surface area (Å²) >= 11 is 7.17. The summed E-state index contributed by atoms with van der Waals surface area (Å²) in [7, 11) is 0. The van der Waals surface area contributed by atoms with E-state index in [0.29, 0.717) is 15.7 Å². The molecule has 27 heavy (non-hydrogen) atoms. The summed E-state index contributed by atoms with van der Waals surface area (Å²) in [6, 6.07) is 8.94. The molecule has 0 saturated carbocycles. The molecule has 1 aromatic heterocycles. The highest BCUT2D eigenvalue weighted by atomic mass is 35.5. The Balaban J connectivity index is 1.72. The molecule has 1 heterocycles. The minimum Gasteiger partial charge on any atom is -0.487 e. The minimum atomic E-state index is -1.25. The number of primary amides is 1. The van der Waals surface area contributed by atoms with E-state index in [1.807, 2.05) is 0 Å². The highest BCUT2D eigenvalue weighted by Crippen LogP contribution is 2.28. The fourth-order valence-corrected chi connectivity index (χ4v) is 3.29. The molecule has 0 aliphatic heterocycles. The monoisotopic (exact) mass is 410 g/mol. The SMILES string of the molecule is NC(=O)c1c(F)ccc(OCC(O)c2csc(-c3ccc(Cl)cc3)n2)c1F. The van der Waals surface area contributed by atoms with Gasteiger partial charge in [0.1, 0.15) is 29.1 Å². The van der Waals surface area contributed by atoms with Crippen molar-refractivity contribution in [1.29, 1.82) is 0 Å². The van der Waals surface area contributed by atoms with Crippen molar-refractivity contribution in [3.05, 3.63) is 69.7 Å². The van der Waals surface area contributed by atoms with E-state index in [0.717, 1.165) is 17.7 Å². The first-order valence-corrected chi connectivity index (χ1v) is 8.92. The lowest BCUT2D eigenvalue weighted by Crippen LogP contribution is -2.17. The molecule has 0 aliphatic rings. The molecule has 1 atom stereocenters. The Bertz CT molecular complexity index is 979. The molecular formula is C18H13ClF2N2O3S. The number of nitrogens with zero attached hydrogens (tertiary/aromatic N) is 1. The first-order chi connectivity index (χ1) is 12.9. The fraction of sp³-hybridized carbons (Fsp3) is 0.111. The second kappa shape index (κ2) is 7.99. The molecule has 0 saturated heterocycles. The standard InChI is InChI=1S/C18H13ClF2N2O3S/c19-10-3-1-9(2-4-10)18-23-12(8-27-18)13(24)7-26-14-6-5-11(20)15(16(14)21)17(22)25/h1-6,8,13,24H,7H2,(H2,22,25). The van der Waals surface area contributed by atoms with Gasteiger partial charge in [0.05, 0.1) is 5.69 Å². The van der Waals surface area contributed by atoms with Gasteiger partial charge in [-0.1, -0.05) is 23.7 Å². The van der Waals surface area contributed by atoms with E-state index in [9.17, 15) is 18.7 Å². The van der Waals surface area contributed by atoms with Gasteiger partial charge in [0, 0.05) is 16.0 Å². The predicted octanol–water partition coefficient (Wildman–Crippen LogP) is 3.95. The number of rotatable bonds is 6. The number of carbonyl (C=O) groups excluding carboxylic acids is 1. The summed E-state index contributed by atoms with van der Waals surface area (Å²) in [5, 5.41) is 13.1. The van der Waals surface area contributed by atoms with Crippen LogP contribution in [-0.4, -0.2) is 22.6 Å². The van der Waals surface area contributed by atoms with Crippen molar-refractivity contribution >= 4 is 28.8 Å². The molecular weight excluding hydrogens is 398 g/mol. The second-order valence-corrected chi connectivity index (χ2v) is 6.80. The lowest BCUT2D eigenvalue weighted by atomic mass is 10.1. The van der Waals surface area contributed by atoms with Gasteiger partial charge in [0.2, 0.25) is 0 Å². The number of halogens is 3. The Hall–Kier alpha value is -2.55. The van der Waals surface area contributed by atoms with E-state index < -0.39 is 35.0 Å². The van der Waals surface area contributed by atoms with Crippen LogP contribution in [0, 0.1) is 11.6 Å². The minimum absolute atomic E-state index is 0.336. The molecule has 0 fully saturated rings. The Kier molecular flexibility index (Phi) is 5.69. The Morgan fingerprint density at radius 1 is 1.26 bits per heavy atom. The quantitative estimate of drug-likeness (QED) is 0.644. The van der Waals surface area contributed by atoms with Gasteiger partial charge in [0.25, 0.3) is 5.91 Å². The fourth-order valence-electron chi connectivity index (χ4n) is 2.29. The zero-order valence-corrected chi connectivity index (χ0v) is 15.2. The summed E-state index contributed by atoms with van der Waals surface area (Å²) in [4.78, 5) is 15.5. The number of aromatic nitrogens is 1. The van der Waals surface area contributed by atoms with Crippen LogP contribution in [0.2, 0.25) is 5.02 Å². The van der Waals surface area contributed by atoms with E-state index in [1.54, 1.807) is 29.6 Å². The van der Waals surface area contributed by atoms with Crippen LogP contribution < -0.4 is 10.5 Å². The molecule has 3 rings (SSSR count). The average molecular weight is 411 g/mol. The van der Waals surface area contributed by atoms with Gasteiger partial charge in [-0.25, -0.2) is 13.8 Å². The normalized spacial score (nSPS) is 12.0. The van der Waals surface area contributed by atoms with Crippen molar-refractivity contribution in [2.75, 3.05) is 6.61 Å². The highest BCUT2D eigenvalue weighted by molar-refractivity contribution is 7.13. The third-order valence-corrected chi connectivity index (χ3v) is 4.81. The van der Waals surface area contributed by atoms with E-state index in [2.05, 4.69) is 4.98 Å². The Labute approximate surface area is 162 Å². The third kappa shape index (κ3) is 4.24. The summed E-state index contributed by atoms with van der Waals surface area (Å²) in [6.45, 7) is -0.343. The number of aliphatic hydroxyl groups is 1. The van der Waals surface area contributed by atoms with Gasteiger partial charge in [0.15, 0.2) is 11.6 Å². The van der Waals surface area contributed by atoms with Crippen LogP contribution in [0.15, 0.2) is 41.8 Å². The van der Waals surface area contributed by atoms with Crippen LogP contribution in [0.1, 0.15) is 22.2 Å². The summed E-state index contributed by atoms with van der Waals surface area (Å²) in [5.41, 5.74) is 5.24. The number of nitrogens with two attached hydrogens (primary N) is 1. The van der Waals surface area contributed by atoms with Crippen LogP contribution >= 0.6 is 22.9 Å². The Morgan fingerprint density at radius 3 is 2.63 bits per heavy atom. The van der Waals surface area contributed by atoms with Gasteiger partial charge in [-0.05, 0) is 24.3 Å². The maximum absolute atomic E-state index is 14.1. The topological polar surface area (TPSA) is 85.4 Å². The van der Waals surface area contributed by atoms with Crippen molar-refractivity contribution in [3.8, 4) is 16.3 Å². The first-order valence-electron chi connectivity index (χ1n) is 7.67. The number of ether oxygens (including phenoxy) is 1.